The van der Waals surface area contributed by atoms with Gasteiger partial charge in [-0.15, -0.1) is 0 Å². The van der Waals surface area contributed by atoms with Crippen molar-refractivity contribution in [3.05, 3.63) is 76.0 Å². The molecule has 1 heterocycles. The zero-order valence-corrected chi connectivity index (χ0v) is 17.8. The minimum atomic E-state index is -0.557. The number of furan rings is 1. The summed E-state index contributed by atoms with van der Waals surface area (Å²) in [4.78, 5) is 12.5. The molecule has 152 valence electrons. The average Bonchev–Trinajstić information content (AvgIpc) is 3.16. The number of nitriles is 1. The highest BCUT2D eigenvalue weighted by atomic mass is 35.5. The molecule has 7 heteroatoms. The zero-order chi connectivity index (χ0) is 21.7. The Labute approximate surface area is 184 Å². The molecule has 0 aliphatic heterocycles. The summed E-state index contributed by atoms with van der Waals surface area (Å²) in [5.41, 5.74) is 1.03. The number of hydrogen-bond acceptors (Lipinski definition) is 4. The van der Waals surface area contributed by atoms with E-state index in [4.69, 9.17) is 32.4 Å². The number of benzene rings is 2. The Morgan fingerprint density at radius 1 is 1.17 bits per heavy atom. The number of nitrogens with zero attached hydrogens (tertiary/aromatic N) is 1. The van der Waals surface area contributed by atoms with Crippen LogP contribution in [0.2, 0.25) is 10.0 Å². The third kappa shape index (κ3) is 5.24. The van der Waals surface area contributed by atoms with Crippen molar-refractivity contribution in [3.63, 3.8) is 0 Å². The van der Waals surface area contributed by atoms with E-state index in [0.29, 0.717) is 38.6 Å². The van der Waals surface area contributed by atoms with Gasteiger partial charge < -0.3 is 14.5 Å². The van der Waals surface area contributed by atoms with E-state index in [9.17, 15) is 10.1 Å². The van der Waals surface area contributed by atoms with Crippen molar-refractivity contribution in [1.82, 2.24) is 0 Å². The Hall–Kier alpha value is -3.20. The molecule has 5 nitrogen and oxygen atoms in total. The van der Waals surface area contributed by atoms with Crippen LogP contribution in [0.1, 0.15) is 19.6 Å². The summed E-state index contributed by atoms with van der Waals surface area (Å²) in [7, 11) is 0. The molecule has 0 atom stereocenters. The summed E-state index contributed by atoms with van der Waals surface area (Å²) in [5, 5.41) is 12.9. The van der Waals surface area contributed by atoms with E-state index >= 15 is 0 Å². The second kappa shape index (κ2) is 9.53. The van der Waals surface area contributed by atoms with E-state index in [2.05, 4.69) is 5.32 Å². The van der Waals surface area contributed by atoms with E-state index in [1.54, 1.807) is 54.6 Å². The second-order valence-electron chi connectivity index (χ2n) is 6.62. The normalized spacial score (nSPS) is 11.3. The van der Waals surface area contributed by atoms with Crippen LogP contribution in [0, 0.1) is 11.3 Å². The summed E-state index contributed by atoms with van der Waals surface area (Å²) in [6.07, 6.45) is 1.37. The van der Waals surface area contributed by atoms with Gasteiger partial charge in [-0.25, -0.2) is 0 Å². The quantitative estimate of drug-likeness (QED) is 0.346. The lowest BCUT2D eigenvalue weighted by molar-refractivity contribution is -0.112. The Morgan fingerprint density at radius 3 is 2.67 bits per heavy atom. The standard InChI is InChI=1S/C23H18Cl2N2O3/c1-14(2)29-17-6-3-5-16(12-17)27-23(28)15(13-26)11-18-9-10-21(30-18)19-7-4-8-20(24)22(19)25/h3-12,14H,1-2H3,(H,27,28)/b15-11+. The van der Waals surface area contributed by atoms with Crippen molar-refractivity contribution in [2.24, 2.45) is 0 Å². The molecule has 0 saturated heterocycles. The Balaban J connectivity index is 1.79. The van der Waals surface area contributed by atoms with E-state index in [1.165, 1.54) is 6.08 Å². The van der Waals surface area contributed by atoms with E-state index in [-0.39, 0.29) is 11.7 Å². The monoisotopic (exact) mass is 440 g/mol. The molecular formula is C23H18Cl2N2O3. The van der Waals surface area contributed by atoms with Gasteiger partial charge in [-0.05, 0) is 50.2 Å². The molecular weight excluding hydrogens is 423 g/mol. The molecule has 30 heavy (non-hydrogen) atoms. The number of halogens is 2. The van der Waals surface area contributed by atoms with Gasteiger partial charge in [0.2, 0.25) is 0 Å². The van der Waals surface area contributed by atoms with Crippen LogP contribution in [0.4, 0.5) is 5.69 Å². The lowest BCUT2D eigenvalue weighted by Gasteiger charge is -2.11. The van der Waals surface area contributed by atoms with Gasteiger partial charge >= 0.3 is 0 Å². The first-order valence-corrected chi connectivity index (χ1v) is 9.87. The first-order valence-electron chi connectivity index (χ1n) is 9.11. The Bertz CT molecular complexity index is 1140. The number of carbonyl (C=O) groups excluding carboxylic acids is 1. The topological polar surface area (TPSA) is 75.3 Å². The van der Waals surface area contributed by atoms with Gasteiger partial charge in [0.1, 0.15) is 28.9 Å². The fourth-order valence-electron chi connectivity index (χ4n) is 2.68. The van der Waals surface area contributed by atoms with Crippen molar-refractivity contribution in [2.45, 2.75) is 20.0 Å². The zero-order valence-electron chi connectivity index (χ0n) is 16.3. The number of carbonyl (C=O) groups is 1. The molecule has 0 saturated carbocycles. The molecule has 1 amide bonds. The summed E-state index contributed by atoms with van der Waals surface area (Å²) in [5.74, 6) is 0.881. The first-order chi connectivity index (χ1) is 14.4. The summed E-state index contributed by atoms with van der Waals surface area (Å²) in [6.45, 7) is 3.83. The van der Waals surface area contributed by atoms with Gasteiger partial charge in [-0.1, -0.05) is 35.3 Å². The highest BCUT2D eigenvalue weighted by Gasteiger charge is 2.14. The molecule has 1 N–H and O–H groups in total. The number of nitrogens with one attached hydrogen (secondary N) is 1. The summed E-state index contributed by atoms with van der Waals surface area (Å²) >= 11 is 12.3. The molecule has 0 unspecified atom stereocenters. The van der Waals surface area contributed by atoms with Gasteiger partial charge in [0, 0.05) is 23.4 Å². The van der Waals surface area contributed by atoms with Crippen LogP contribution in [-0.4, -0.2) is 12.0 Å². The Morgan fingerprint density at radius 2 is 1.93 bits per heavy atom. The van der Waals surface area contributed by atoms with Crippen molar-refractivity contribution < 1.29 is 13.9 Å². The second-order valence-corrected chi connectivity index (χ2v) is 7.41. The molecule has 0 aliphatic rings. The number of ether oxygens (including phenoxy) is 1. The number of anilines is 1. The van der Waals surface area contributed by atoms with Gasteiger partial charge in [-0.3, -0.25) is 4.79 Å². The first kappa shape index (κ1) is 21.5. The fourth-order valence-corrected chi connectivity index (χ4v) is 3.07. The van der Waals surface area contributed by atoms with Crippen LogP contribution in [0.25, 0.3) is 17.4 Å². The SMILES string of the molecule is CC(C)Oc1cccc(NC(=O)/C(C#N)=C/c2ccc(-c3cccc(Cl)c3Cl)o2)c1. The molecule has 0 aliphatic carbocycles. The molecule has 1 aromatic heterocycles. The molecule has 0 bridgehead atoms. The maximum absolute atomic E-state index is 12.5. The average molecular weight is 441 g/mol. The van der Waals surface area contributed by atoms with Crippen LogP contribution >= 0.6 is 23.2 Å². The molecule has 3 rings (SSSR count). The van der Waals surface area contributed by atoms with Crippen LogP contribution in [0.3, 0.4) is 0 Å². The Kier molecular flexibility index (Phi) is 6.83. The highest BCUT2D eigenvalue weighted by Crippen LogP contribution is 2.34. The lowest BCUT2D eigenvalue weighted by Crippen LogP contribution is -2.13. The van der Waals surface area contributed by atoms with Crippen molar-refractivity contribution in [1.29, 1.82) is 5.26 Å². The van der Waals surface area contributed by atoms with Crippen molar-refractivity contribution in [3.8, 4) is 23.1 Å². The van der Waals surface area contributed by atoms with Gasteiger partial charge in [-0.2, -0.15) is 5.26 Å². The minimum Gasteiger partial charge on any atom is -0.491 e. The van der Waals surface area contributed by atoms with E-state index < -0.39 is 5.91 Å². The van der Waals surface area contributed by atoms with E-state index in [1.807, 2.05) is 19.9 Å². The molecule has 0 spiro atoms. The van der Waals surface area contributed by atoms with Gasteiger partial charge in [0.25, 0.3) is 5.91 Å². The molecule has 3 aromatic rings. The number of amides is 1. The van der Waals surface area contributed by atoms with Crippen molar-refractivity contribution >= 4 is 40.9 Å². The number of rotatable bonds is 6. The maximum atomic E-state index is 12.5. The third-order valence-corrected chi connectivity index (χ3v) is 4.78. The molecule has 2 aromatic carbocycles. The van der Waals surface area contributed by atoms with Gasteiger partial charge in [0.05, 0.1) is 16.1 Å². The highest BCUT2D eigenvalue weighted by molar-refractivity contribution is 6.43. The number of hydrogen-bond donors (Lipinski definition) is 1. The van der Waals surface area contributed by atoms with Crippen molar-refractivity contribution in [2.75, 3.05) is 5.32 Å². The van der Waals surface area contributed by atoms with Crippen LogP contribution in [-0.2, 0) is 4.79 Å². The fraction of sp³-hybridized carbons (Fsp3) is 0.130. The third-order valence-electron chi connectivity index (χ3n) is 3.96. The maximum Gasteiger partial charge on any atom is 0.266 e. The predicted molar refractivity (Wildman–Crippen MR) is 119 cm³/mol. The van der Waals surface area contributed by atoms with Gasteiger partial charge in [0.15, 0.2) is 0 Å². The van der Waals surface area contributed by atoms with E-state index in [0.717, 1.165) is 0 Å². The largest absolute Gasteiger partial charge is 0.491 e. The van der Waals surface area contributed by atoms with Crippen LogP contribution in [0.5, 0.6) is 5.75 Å². The predicted octanol–water partition coefficient (Wildman–Crippen LogP) is 6.59. The smallest absolute Gasteiger partial charge is 0.266 e. The minimum absolute atomic E-state index is 0.00617. The summed E-state index contributed by atoms with van der Waals surface area (Å²) in [6, 6.07) is 17.4. The van der Waals surface area contributed by atoms with Crippen LogP contribution < -0.4 is 10.1 Å². The lowest BCUT2D eigenvalue weighted by atomic mass is 10.2. The molecule has 0 radical (unpaired) electrons. The molecule has 0 fully saturated rings. The summed E-state index contributed by atoms with van der Waals surface area (Å²) < 4.78 is 11.3. The van der Waals surface area contributed by atoms with Crippen LogP contribution in [0.15, 0.2) is 64.6 Å².